The van der Waals surface area contributed by atoms with Crippen molar-refractivity contribution in [1.82, 2.24) is 15.2 Å². The second-order valence-electron chi connectivity index (χ2n) is 6.35. The maximum Gasteiger partial charge on any atom is 0.274 e. The lowest BCUT2D eigenvalue weighted by atomic mass is 10.1. The number of H-pyrrole nitrogens is 1. The van der Waals surface area contributed by atoms with Gasteiger partial charge >= 0.3 is 0 Å². The Labute approximate surface area is 151 Å². The summed E-state index contributed by atoms with van der Waals surface area (Å²) in [6, 6.07) is 17.5. The summed E-state index contributed by atoms with van der Waals surface area (Å²) < 4.78 is 0. The molecule has 4 aromatic rings. The van der Waals surface area contributed by atoms with E-state index in [1.165, 1.54) is 0 Å². The zero-order chi connectivity index (χ0) is 18.1. The average molecular weight is 342 g/mol. The van der Waals surface area contributed by atoms with E-state index in [-0.39, 0.29) is 5.91 Å². The lowest BCUT2D eigenvalue weighted by Gasteiger charge is -2.09. The Morgan fingerprint density at radius 1 is 1.00 bits per heavy atom. The fraction of sp³-hybridized carbons (Fsp3) is 0.0952. The maximum atomic E-state index is 12.7. The zero-order valence-electron chi connectivity index (χ0n) is 14.6. The van der Waals surface area contributed by atoms with Crippen LogP contribution in [0.3, 0.4) is 0 Å². The molecule has 2 heterocycles. The smallest absolute Gasteiger partial charge is 0.274 e. The molecule has 0 radical (unpaired) electrons. The van der Waals surface area contributed by atoms with Gasteiger partial charge in [-0.1, -0.05) is 29.8 Å². The van der Waals surface area contributed by atoms with Crippen molar-refractivity contribution in [1.29, 1.82) is 0 Å². The Kier molecular flexibility index (Phi) is 3.97. The van der Waals surface area contributed by atoms with Gasteiger partial charge in [0, 0.05) is 16.6 Å². The first-order valence-corrected chi connectivity index (χ1v) is 8.39. The number of rotatable bonds is 3. The molecule has 1 amide bonds. The van der Waals surface area contributed by atoms with Gasteiger partial charge in [-0.05, 0) is 49.7 Å². The van der Waals surface area contributed by atoms with Crippen molar-refractivity contribution < 1.29 is 4.79 Å². The second-order valence-corrected chi connectivity index (χ2v) is 6.35. The summed E-state index contributed by atoms with van der Waals surface area (Å²) in [5.74, 6) is -0.211. The molecule has 4 rings (SSSR count). The van der Waals surface area contributed by atoms with Crippen molar-refractivity contribution in [3.8, 4) is 11.3 Å². The van der Waals surface area contributed by atoms with Crippen molar-refractivity contribution in [2.24, 2.45) is 0 Å². The van der Waals surface area contributed by atoms with Crippen molar-refractivity contribution >= 4 is 22.5 Å². The highest BCUT2D eigenvalue weighted by molar-refractivity contribution is 6.04. The number of aromatic nitrogens is 3. The maximum absolute atomic E-state index is 12.7. The van der Waals surface area contributed by atoms with Crippen molar-refractivity contribution in [2.75, 3.05) is 5.32 Å². The van der Waals surface area contributed by atoms with Gasteiger partial charge in [-0.25, -0.2) is 4.98 Å². The first-order chi connectivity index (χ1) is 12.6. The second kappa shape index (κ2) is 6.44. The Morgan fingerprint density at radius 3 is 2.62 bits per heavy atom. The minimum Gasteiger partial charge on any atom is -0.321 e. The molecule has 2 N–H and O–H groups in total. The van der Waals surface area contributed by atoms with Gasteiger partial charge in [0.05, 0.1) is 17.4 Å². The van der Waals surface area contributed by atoms with Gasteiger partial charge in [0.1, 0.15) is 5.69 Å². The summed E-state index contributed by atoms with van der Waals surface area (Å²) >= 11 is 0. The van der Waals surface area contributed by atoms with Crippen LogP contribution in [0.15, 0.2) is 60.8 Å². The summed E-state index contributed by atoms with van der Waals surface area (Å²) in [5, 5.41) is 10.9. The third kappa shape index (κ3) is 3.07. The number of carbonyl (C=O) groups excluding carboxylic acids is 1. The van der Waals surface area contributed by atoms with Crippen LogP contribution < -0.4 is 5.32 Å². The summed E-state index contributed by atoms with van der Waals surface area (Å²) in [6.45, 7) is 3.90. The molecule has 0 saturated carbocycles. The SMILES string of the molecule is Cc1ccc(NC(=O)c2nc(-c3ccc4[nH]ncc4c3)ccc2C)cc1. The molecule has 0 aliphatic rings. The Morgan fingerprint density at radius 2 is 1.81 bits per heavy atom. The number of benzene rings is 2. The number of hydrogen-bond acceptors (Lipinski definition) is 3. The first kappa shape index (κ1) is 16.0. The number of nitrogens with one attached hydrogen (secondary N) is 2. The zero-order valence-corrected chi connectivity index (χ0v) is 14.6. The van der Waals surface area contributed by atoms with Crippen LogP contribution >= 0.6 is 0 Å². The summed E-state index contributed by atoms with van der Waals surface area (Å²) in [4.78, 5) is 17.3. The molecule has 0 atom stereocenters. The van der Waals surface area contributed by atoms with Crippen LogP contribution in [0.4, 0.5) is 5.69 Å². The largest absolute Gasteiger partial charge is 0.321 e. The molecule has 0 bridgehead atoms. The van der Waals surface area contributed by atoms with E-state index in [1.54, 1.807) is 6.20 Å². The van der Waals surface area contributed by atoms with E-state index < -0.39 is 0 Å². The Bertz CT molecular complexity index is 1100. The molecule has 0 aliphatic heterocycles. The summed E-state index contributed by atoms with van der Waals surface area (Å²) in [6.07, 6.45) is 1.78. The van der Waals surface area contributed by atoms with Gasteiger partial charge in [-0.2, -0.15) is 5.10 Å². The monoisotopic (exact) mass is 342 g/mol. The quantitative estimate of drug-likeness (QED) is 0.576. The van der Waals surface area contributed by atoms with Gasteiger partial charge in [-0.15, -0.1) is 0 Å². The van der Waals surface area contributed by atoms with Gasteiger partial charge in [0.2, 0.25) is 0 Å². The number of anilines is 1. The normalized spacial score (nSPS) is 10.8. The minimum absolute atomic E-state index is 0.211. The van der Waals surface area contributed by atoms with Gasteiger partial charge in [-0.3, -0.25) is 9.89 Å². The highest BCUT2D eigenvalue weighted by Gasteiger charge is 2.13. The molecule has 0 fully saturated rings. The lowest BCUT2D eigenvalue weighted by molar-refractivity contribution is 0.102. The van der Waals surface area contributed by atoms with Crippen LogP contribution in [0.25, 0.3) is 22.2 Å². The molecular weight excluding hydrogens is 324 g/mol. The molecule has 0 saturated heterocycles. The van der Waals surface area contributed by atoms with E-state index in [9.17, 15) is 4.79 Å². The number of nitrogens with zero attached hydrogens (tertiary/aromatic N) is 2. The molecule has 26 heavy (non-hydrogen) atoms. The predicted molar refractivity (Wildman–Crippen MR) is 103 cm³/mol. The molecular formula is C21H18N4O. The minimum atomic E-state index is -0.211. The standard InChI is InChI=1S/C21H18N4O/c1-13-3-7-17(8-4-13)23-21(26)20-14(2)5-9-18(24-20)15-6-10-19-16(11-15)12-22-25-19/h3-12H,1-2H3,(H,22,25)(H,23,26). The predicted octanol–water partition coefficient (Wildman–Crippen LogP) is 4.49. The van der Waals surface area contributed by atoms with Crippen LogP contribution in [-0.2, 0) is 0 Å². The van der Waals surface area contributed by atoms with Gasteiger partial charge in [0.25, 0.3) is 5.91 Å². The number of hydrogen-bond donors (Lipinski definition) is 2. The van der Waals surface area contributed by atoms with Crippen LogP contribution in [0.5, 0.6) is 0 Å². The third-order valence-corrected chi connectivity index (χ3v) is 4.36. The number of amides is 1. The van der Waals surface area contributed by atoms with Crippen LogP contribution in [0.2, 0.25) is 0 Å². The van der Waals surface area contributed by atoms with E-state index in [4.69, 9.17) is 0 Å². The van der Waals surface area contributed by atoms with Crippen LogP contribution in [0, 0.1) is 13.8 Å². The number of carbonyl (C=O) groups is 1. The number of pyridine rings is 1. The van der Waals surface area contributed by atoms with Gasteiger partial charge in [0.15, 0.2) is 0 Å². The van der Waals surface area contributed by atoms with Gasteiger partial charge < -0.3 is 5.32 Å². The fourth-order valence-corrected chi connectivity index (χ4v) is 2.85. The van der Waals surface area contributed by atoms with Crippen molar-refractivity contribution in [3.05, 3.63) is 77.6 Å². The van der Waals surface area contributed by atoms with Crippen LogP contribution in [0.1, 0.15) is 21.6 Å². The average Bonchev–Trinajstić information content (AvgIpc) is 3.11. The third-order valence-electron chi connectivity index (χ3n) is 4.36. The summed E-state index contributed by atoms with van der Waals surface area (Å²) in [7, 11) is 0. The molecule has 5 nitrogen and oxygen atoms in total. The van der Waals surface area contributed by atoms with Crippen molar-refractivity contribution in [3.63, 3.8) is 0 Å². The number of aryl methyl sites for hydroxylation is 2. The molecule has 2 aromatic heterocycles. The highest BCUT2D eigenvalue weighted by Crippen LogP contribution is 2.23. The number of aromatic amines is 1. The molecule has 5 heteroatoms. The molecule has 0 spiro atoms. The van der Waals surface area contributed by atoms with E-state index in [2.05, 4.69) is 20.5 Å². The summed E-state index contributed by atoms with van der Waals surface area (Å²) in [5.41, 5.74) is 5.84. The molecule has 128 valence electrons. The molecule has 0 unspecified atom stereocenters. The topological polar surface area (TPSA) is 70.7 Å². The fourth-order valence-electron chi connectivity index (χ4n) is 2.85. The van der Waals surface area contributed by atoms with Crippen molar-refractivity contribution in [2.45, 2.75) is 13.8 Å². The van der Waals surface area contributed by atoms with E-state index >= 15 is 0 Å². The lowest BCUT2D eigenvalue weighted by Crippen LogP contribution is -2.15. The number of fused-ring (bicyclic) bond motifs is 1. The van der Waals surface area contributed by atoms with Crippen LogP contribution in [-0.4, -0.2) is 21.1 Å². The molecule has 2 aromatic carbocycles. The van der Waals surface area contributed by atoms with E-state index in [0.29, 0.717) is 5.69 Å². The van der Waals surface area contributed by atoms with E-state index in [0.717, 1.165) is 39.0 Å². The first-order valence-electron chi connectivity index (χ1n) is 8.39. The van der Waals surface area contributed by atoms with E-state index in [1.807, 2.05) is 68.4 Å². The Balaban J connectivity index is 1.66. The highest BCUT2D eigenvalue weighted by atomic mass is 16.1. The Hall–Kier alpha value is -3.47. The molecule has 0 aliphatic carbocycles.